The second-order valence-corrected chi connectivity index (χ2v) is 6.67. The van der Waals surface area contributed by atoms with Crippen LogP contribution < -0.4 is 10.6 Å². The van der Waals surface area contributed by atoms with Gasteiger partial charge in [0, 0.05) is 41.6 Å². The van der Waals surface area contributed by atoms with Gasteiger partial charge < -0.3 is 10.6 Å². The zero-order chi connectivity index (χ0) is 15.4. The normalized spacial score (nSPS) is 17.3. The van der Waals surface area contributed by atoms with Gasteiger partial charge in [0.2, 0.25) is 5.91 Å². The molecule has 8 heteroatoms. The van der Waals surface area contributed by atoms with Gasteiger partial charge in [-0.05, 0) is 18.2 Å². The molecule has 1 atom stereocenters. The Morgan fingerprint density at radius 1 is 1.48 bits per heavy atom. The van der Waals surface area contributed by atoms with Crippen LogP contribution in [0.1, 0.15) is 6.42 Å². The van der Waals surface area contributed by atoms with Crippen LogP contribution in [0, 0.1) is 0 Å². The Bertz CT molecular complexity index is 658. The van der Waals surface area contributed by atoms with E-state index in [0.717, 1.165) is 23.7 Å². The molecule has 1 aliphatic rings. The van der Waals surface area contributed by atoms with Gasteiger partial charge >= 0.3 is 0 Å². The molecule has 1 saturated heterocycles. The van der Waals surface area contributed by atoms with Crippen LogP contribution in [0.15, 0.2) is 36.5 Å². The average Bonchev–Trinajstić information content (AvgIpc) is 2.96. The van der Waals surface area contributed by atoms with E-state index in [-0.39, 0.29) is 24.4 Å². The summed E-state index contributed by atoms with van der Waals surface area (Å²) < 4.78 is 1.67. The molecule has 0 bridgehead atoms. The number of thioether (sulfide) groups is 1. The molecule has 1 aromatic heterocycles. The molecule has 1 fully saturated rings. The molecular formula is C15H18Cl2N4OS. The van der Waals surface area contributed by atoms with Gasteiger partial charge in [-0.15, -0.1) is 12.4 Å². The predicted octanol–water partition coefficient (Wildman–Crippen LogP) is 2.98. The predicted molar refractivity (Wildman–Crippen MR) is 98.2 cm³/mol. The SMILES string of the molecule is Cl.O=C(CC1CSCCN1)Nc1ccnn1-c1cccc(Cl)c1. The smallest absolute Gasteiger partial charge is 0.227 e. The van der Waals surface area contributed by atoms with Crippen LogP contribution in [0.3, 0.4) is 0 Å². The van der Waals surface area contributed by atoms with Crippen LogP contribution in [0.2, 0.25) is 5.02 Å². The fraction of sp³-hybridized carbons (Fsp3) is 0.333. The Labute approximate surface area is 150 Å². The number of benzene rings is 1. The third kappa shape index (κ3) is 4.88. The highest BCUT2D eigenvalue weighted by Gasteiger charge is 2.17. The van der Waals surface area contributed by atoms with Gasteiger partial charge in [0.15, 0.2) is 0 Å². The van der Waals surface area contributed by atoms with Gasteiger partial charge in [0.05, 0.1) is 11.9 Å². The summed E-state index contributed by atoms with van der Waals surface area (Å²) in [6.45, 7) is 0.961. The second-order valence-electron chi connectivity index (χ2n) is 5.09. The quantitative estimate of drug-likeness (QED) is 0.865. The summed E-state index contributed by atoms with van der Waals surface area (Å²) in [5, 5.41) is 11.2. The van der Waals surface area contributed by atoms with E-state index in [1.807, 2.05) is 30.0 Å². The Morgan fingerprint density at radius 2 is 2.35 bits per heavy atom. The van der Waals surface area contributed by atoms with Crippen LogP contribution in [0.4, 0.5) is 5.82 Å². The minimum atomic E-state index is -0.0104. The third-order valence-electron chi connectivity index (χ3n) is 3.39. The van der Waals surface area contributed by atoms with Crippen molar-refractivity contribution in [2.24, 2.45) is 0 Å². The number of carbonyl (C=O) groups is 1. The number of amides is 1. The molecule has 5 nitrogen and oxygen atoms in total. The fourth-order valence-corrected chi connectivity index (χ4v) is 3.51. The lowest BCUT2D eigenvalue weighted by atomic mass is 10.2. The van der Waals surface area contributed by atoms with Crippen molar-refractivity contribution in [3.05, 3.63) is 41.6 Å². The summed E-state index contributed by atoms with van der Waals surface area (Å²) in [6, 6.07) is 9.38. The van der Waals surface area contributed by atoms with Crippen LogP contribution in [0.5, 0.6) is 0 Å². The summed E-state index contributed by atoms with van der Waals surface area (Å²) in [5.74, 6) is 2.72. The first kappa shape index (κ1) is 18.1. The largest absolute Gasteiger partial charge is 0.312 e. The molecule has 1 aliphatic heterocycles. The number of nitrogens with one attached hydrogen (secondary N) is 2. The molecule has 23 heavy (non-hydrogen) atoms. The molecule has 0 spiro atoms. The van der Waals surface area contributed by atoms with E-state index < -0.39 is 0 Å². The van der Waals surface area contributed by atoms with Crippen molar-refractivity contribution in [3.63, 3.8) is 0 Å². The number of hydrogen-bond acceptors (Lipinski definition) is 4. The number of carbonyl (C=O) groups excluding carboxylic acids is 1. The number of aromatic nitrogens is 2. The third-order valence-corrected chi connectivity index (χ3v) is 4.76. The van der Waals surface area contributed by atoms with E-state index in [1.165, 1.54) is 0 Å². The number of rotatable bonds is 4. The van der Waals surface area contributed by atoms with E-state index in [2.05, 4.69) is 15.7 Å². The number of nitrogens with zero attached hydrogens (tertiary/aromatic N) is 2. The van der Waals surface area contributed by atoms with Crippen LogP contribution >= 0.6 is 35.8 Å². The standard InChI is InChI=1S/C15H17ClN4OS.ClH/c16-11-2-1-3-13(8-11)20-14(4-5-18-20)19-15(21)9-12-10-22-7-6-17-12;/h1-5,8,12,17H,6-7,9-10H2,(H,19,21);1H. The molecule has 1 amide bonds. The van der Waals surface area contributed by atoms with Crippen LogP contribution in [-0.2, 0) is 4.79 Å². The van der Waals surface area contributed by atoms with Gasteiger partial charge in [-0.1, -0.05) is 17.7 Å². The highest BCUT2D eigenvalue weighted by atomic mass is 35.5. The van der Waals surface area contributed by atoms with Crippen molar-refractivity contribution in [1.29, 1.82) is 0 Å². The van der Waals surface area contributed by atoms with E-state index in [4.69, 9.17) is 11.6 Å². The van der Waals surface area contributed by atoms with Gasteiger partial charge in [0.25, 0.3) is 0 Å². The molecule has 0 radical (unpaired) electrons. The van der Waals surface area contributed by atoms with Crippen molar-refractivity contribution in [3.8, 4) is 5.69 Å². The minimum absolute atomic E-state index is 0. The first-order valence-electron chi connectivity index (χ1n) is 7.13. The van der Waals surface area contributed by atoms with Crippen molar-refractivity contribution >= 4 is 47.5 Å². The highest BCUT2D eigenvalue weighted by molar-refractivity contribution is 7.99. The Kier molecular flexibility index (Phi) is 6.77. The molecule has 2 aromatic rings. The zero-order valence-corrected chi connectivity index (χ0v) is 14.8. The molecule has 0 saturated carbocycles. The number of hydrogen-bond donors (Lipinski definition) is 2. The molecule has 124 valence electrons. The second kappa shape index (κ2) is 8.59. The lowest BCUT2D eigenvalue weighted by Crippen LogP contribution is -2.40. The molecule has 2 heterocycles. The molecule has 1 aromatic carbocycles. The highest BCUT2D eigenvalue weighted by Crippen LogP contribution is 2.19. The van der Waals surface area contributed by atoms with Gasteiger partial charge in [-0.3, -0.25) is 4.79 Å². The van der Waals surface area contributed by atoms with E-state index >= 15 is 0 Å². The summed E-state index contributed by atoms with van der Waals surface area (Å²) in [4.78, 5) is 12.2. The van der Waals surface area contributed by atoms with E-state index in [0.29, 0.717) is 17.3 Å². The Balaban J connectivity index is 0.00000192. The first-order valence-corrected chi connectivity index (χ1v) is 8.66. The molecular weight excluding hydrogens is 355 g/mol. The maximum Gasteiger partial charge on any atom is 0.227 e. The Hall–Kier alpha value is -1.21. The van der Waals surface area contributed by atoms with Gasteiger partial charge in [-0.2, -0.15) is 16.9 Å². The van der Waals surface area contributed by atoms with Crippen molar-refractivity contribution < 1.29 is 4.79 Å². The Morgan fingerprint density at radius 3 is 3.09 bits per heavy atom. The number of halogens is 2. The monoisotopic (exact) mass is 372 g/mol. The lowest BCUT2D eigenvalue weighted by Gasteiger charge is -2.22. The average molecular weight is 373 g/mol. The summed E-state index contributed by atoms with van der Waals surface area (Å²) in [5.41, 5.74) is 0.819. The van der Waals surface area contributed by atoms with Crippen LogP contribution in [-0.4, -0.2) is 39.8 Å². The van der Waals surface area contributed by atoms with E-state index in [1.54, 1.807) is 23.0 Å². The molecule has 3 rings (SSSR count). The van der Waals surface area contributed by atoms with E-state index in [9.17, 15) is 4.79 Å². The van der Waals surface area contributed by atoms with Crippen molar-refractivity contribution in [1.82, 2.24) is 15.1 Å². The van der Waals surface area contributed by atoms with Gasteiger partial charge in [-0.25, -0.2) is 4.68 Å². The lowest BCUT2D eigenvalue weighted by molar-refractivity contribution is -0.116. The zero-order valence-electron chi connectivity index (χ0n) is 12.4. The molecule has 1 unspecified atom stereocenters. The number of anilines is 1. The van der Waals surface area contributed by atoms with Crippen LogP contribution in [0.25, 0.3) is 5.69 Å². The molecule has 0 aliphatic carbocycles. The van der Waals surface area contributed by atoms with Crippen molar-refractivity contribution in [2.45, 2.75) is 12.5 Å². The fourth-order valence-electron chi connectivity index (χ4n) is 2.38. The van der Waals surface area contributed by atoms with Gasteiger partial charge in [0.1, 0.15) is 5.82 Å². The summed E-state index contributed by atoms with van der Waals surface area (Å²) in [7, 11) is 0. The minimum Gasteiger partial charge on any atom is -0.312 e. The summed E-state index contributed by atoms with van der Waals surface area (Å²) in [6.07, 6.45) is 2.12. The van der Waals surface area contributed by atoms with Crippen molar-refractivity contribution in [2.75, 3.05) is 23.4 Å². The maximum atomic E-state index is 12.2. The topological polar surface area (TPSA) is 59.0 Å². The first-order chi connectivity index (χ1) is 10.7. The summed E-state index contributed by atoms with van der Waals surface area (Å²) >= 11 is 7.89. The molecule has 2 N–H and O–H groups in total. The maximum absolute atomic E-state index is 12.2.